The van der Waals surface area contributed by atoms with Crippen molar-refractivity contribution < 1.29 is 0 Å². The van der Waals surface area contributed by atoms with Gasteiger partial charge in [0, 0.05) is 16.7 Å². The Morgan fingerprint density at radius 1 is 1.00 bits per heavy atom. The zero-order chi connectivity index (χ0) is 19.6. The molecular formula is C21H15N5OS2. The molecule has 8 heteroatoms. The van der Waals surface area contributed by atoms with Gasteiger partial charge in [0.25, 0.3) is 5.56 Å². The Balaban J connectivity index is 1.41. The maximum absolute atomic E-state index is 12.5. The number of benzene rings is 2. The molecule has 0 fully saturated rings. The van der Waals surface area contributed by atoms with Crippen LogP contribution >= 0.6 is 23.1 Å². The first kappa shape index (κ1) is 17.8. The minimum Gasteiger partial charge on any atom is -0.301 e. The van der Waals surface area contributed by atoms with Crippen LogP contribution in [0.2, 0.25) is 0 Å². The lowest BCUT2D eigenvalue weighted by Gasteiger charge is -2.04. The van der Waals surface area contributed by atoms with Gasteiger partial charge < -0.3 is 4.98 Å². The van der Waals surface area contributed by atoms with E-state index < -0.39 is 0 Å². The van der Waals surface area contributed by atoms with Gasteiger partial charge in [-0.1, -0.05) is 60.3 Å². The van der Waals surface area contributed by atoms with E-state index >= 15 is 0 Å². The van der Waals surface area contributed by atoms with Crippen molar-refractivity contribution in [2.45, 2.75) is 10.9 Å². The molecule has 0 bridgehead atoms. The molecule has 0 aliphatic carbocycles. The van der Waals surface area contributed by atoms with Crippen molar-refractivity contribution in [1.82, 2.24) is 24.7 Å². The number of nitrogens with zero attached hydrogens (tertiary/aromatic N) is 4. The lowest BCUT2D eigenvalue weighted by atomic mass is 10.2. The molecule has 0 aliphatic rings. The largest absolute Gasteiger partial charge is 0.301 e. The monoisotopic (exact) mass is 417 g/mol. The minimum atomic E-state index is -0.192. The molecule has 0 radical (unpaired) electrons. The summed E-state index contributed by atoms with van der Waals surface area (Å²) in [5, 5.41) is 8.39. The molecule has 0 atom stereocenters. The number of thioether (sulfide) groups is 1. The predicted octanol–water partition coefficient (Wildman–Crippen LogP) is 4.52. The third-order valence-electron chi connectivity index (χ3n) is 4.35. The summed E-state index contributed by atoms with van der Waals surface area (Å²) in [5.74, 6) is 0.622. The van der Waals surface area contributed by atoms with E-state index in [2.05, 4.69) is 15.1 Å². The van der Waals surface area contributed by atoms with Crippen LogP contribution in [0.25, 0.3) is 27.3 Å². The predicted molar refractivity (Wildman–Crippen MR) is 117 cm³/mol. The molecule has 1 N–H and O–H groups in total. The first-order valence-electron chi connectivity index (χ1n) is 8.94. The summed E-state index contributed by atoms with van der Waals surface area (Å²) < 4.78 is 1.69. The average molecular weight is 418 g/mol. The molecule has 2 aromatic carbocycles. The molecule has 142 valence electrons. The molecule has 5 aromatic rings. The summed E-state index contributed by atoms with van der Waals surface area (Å²) in [6.07, 6.45) is 1.55. The summed E-state index contributed by atoms with van der Waals surface area (Å²) in [7, 11) is 0. The van der Waals surface area contributed by atoms with Gasteiger partial charge >= 0.3 is 0 Å². The molecule has 0 unspecified atom stereocenters. The molecule has 3 heterocycles. The fraction of sp³-hybridized carbons (Fsp3) is 0.0476. The summed E-state index contributed by atoms with van der Waals surface area (Å²) in [5.41, 5.74) is 3.28. The second kappa shape index (κ2) is 7.65. The number of thiazole rings is 1. The number of para-hydroxylation sites is 1. The summed E-state index contributed by atoms with van der Waals surface area (Å²) in [6, 6.07) is 19.8. The lowest BCUT2D eigenvalue weighted by molar-refractivity contribution is 0.872. The Bertz CT molecular complexity index is 1330. The zero-order valence-corrected chi connectivity index (χ0v) is 16.8. The van der Waals surface area contributed by atoms with Crippen molar-refractivity contribution in [1.29, 1.82) is 0 Å². The fourth-order valence-electron chi connectivity index (χ4n) is 2.95. The molecule has 0 saturated heterocycles. The summed E-state index contributed by atoms with van der Waals surface area (Å²) in [4.78, 5) is 24.6. The van der Waals surface area contributed by atoms with Gasteiger partial charge in [-0.3, -0.25) is 4.79 Å². The lowest BCUT2D eigenvalue weighted by Crippen LogP contribution is -2.09. The number of aromatic nitrogens is 5. The highest BCUT2D eigenvalue weighted by atomic mass is 32.2. The van der Waals surface area contributed by atoms with Gasteiger partial charge in [0.05, 0.1) is 17.6 Å². The number of aromatic amines is 1. The van der Waals surface area contributed by atoms with Crippen molar-refractivity contribution in [3.05, 3.63) is 88.3 Å². The van der Waals surface area contributed by atoms with E-state index in [0.717, 1.165) is 22.0 Å². The van der Waals surface area contributed by atoms with Crippen LogP contribution in [-0.4, -0.2) is 24.7 Å². The Labute approximate surface area is 174 Å². The number of hydrogen-bond acceptors (Lipinski definition) is 6. The van der Waals surface area contributed by atoms with E-state index in [4.69, 9.17) is 4.98 Å². The zero-order valence-electron chi connectivity index (χ0n) is 15.1. The van der Waals surface area contributed by atoms with Crippen molar-refractivity contribution in [3.63, 3.8) is 0 Å². The Hall–Kier alpha value is -3.23. The van der Waals surface area contributed by atoms with Gasteiger partial charge in [-0.2, -0.15) is 5.10 Å². The van der Waals surface area contributed by atoms with Crippen LogP contribution in [0, 0.1) is 0 Å². The molecule has 0 spiro atoms. The Kier molecular flexibility index (Phi) is 4.71. The molecule has 0 saturated carbocycles. The highest BCUT2D eigenvalue weighted by molar-refractivity contribution is 7.98. The molecule has 5 rings (SSSR count). The van der Waals surface area contributed by atoms with Gasteiger partial charge in [-0.25, -0.2) is 14.6 Å². The van der Waals surface area contributed by atoms with Crippen LogP contribution in [0.15, 0.2) is 82.2 Å². The normalized spacial score (nSPS) is 11.2. The number of fused-ring (bicyclic) bond motifs is 1. The second-order valence-corrected chi connectivity index (χ2v) is 8.12. The average Bonchev–Trinajstić information content (AvgIpc) is 3.41. The molecule has 0 amide bonds. The van der Waals surface area contributed by atoms with E-state index in [1.165, 1.54) is 11.8 Å². The second-order valence-electron chi connectivity index (χ2n) is 6.30. The van der Waals surface area contributed by atoms with Crippen molar-refractivity contribution in [2.24, 2.45) is 0 Å². The minimum absolute atomic E-state index is 0.192. The van der Waals surface area contributed by atoms with Crippen LogP contribution in [0.1, 0.15) is 5.69 Å². The standard InChI is InChI=1S/C21H15N5OS2/c27-19-17-11-22-26(16-9-5-2-6-10-16)18(17)24-21(25-19)29-13-15-12-28-20(23-15)14-7-3-1-4-8-14/h1-12H,13H2,(H,24,25,27). The Morgan fingerprint density at radius 2 is 1.76 bits per heavy atom. The van der Waals surface area contributed by atoms with Crippen LogP contribution in [0.3, 0.4) is 0 Å². The number of rotatable bonds is 5. The van der Waals surface area contributed by atoms with Gasteiger partial charge in [0.2, 0.25) is 0 Å². The van der Waals surface area contributed by atoms with Crippen molar-refractivity contribution in [3.8, 4) is 16.3 Å². The van der Waals surface area contributed by atoms with Gasteiger partial charge in [-0.15, -0.1) is 11.3 Å². The third-order valence-corrected chi connectivity index (χ3v) is 6.19. The van der Waals surface area contributed by atoms with E-state index in [-0.39, 0.29) is 5.56 Å². The van der Waals surface area contributed by atoms with Crippen LogP contribution in [0.4, 0.5) is 0 Å². The van der Waals surface area contributed by atoms with Crippen LogP contribution < -0.4 is 5.56 Å². The number of nitrogens with one attached hydrogen (secondary N) is 1. The SMILES string of the molecule is O=c1[nH]c(SCc2csc(-c3ccccc3)n2)nc2c1cnn2-c1ccccc1. The van der Waals surface area contributed by atoms with Gasteiger partial charge in [0.1, 0.15) is 10.4 Å². The smallest absolute Gasteiger partial charge is 0.262 e. The Morgan fingerprint density at radius 3 is 2.55 bits per heavy atom. The number of hydrogen-bond donors (Lipinski definition) is 1. The quantitative estimate of drug-likeness (QED) is 0.336. The van der Waals surface area contributed by atoms with E-state index in [0.29, 0.717) is 21.9 Å². The third kappa shape index (κ3) is 3.59. The molecule has 29 heavy (non-hydrogen) atoms. The van der Waals surface area contributed by atoms with Crippen molar-refractivity contribution in [2.75, 3.05) is 0 Å². The van der Waals surface area contributed by atoms with Gasteiger partial charge in [-0.05, 0) is 12.1 Å². The van der Waals surface area contributed by atoms with Gasteiger partial charge in [0.15, 0.2) is 10.8 Å². The summed E-state index contributed by atoms with van der Waals surface area (Å²) >= 11 is 3.07. The highest BCUT2D eigenvalue weighted by Crippen LogP contribution is 2.27. The maximum Gasteiger partial charge on any atom is 0.262 e. The van der Waals surface area contributed by atoms with E-state index in [1.54, 1.807) is 22.2 Å². The van der Waals surface area contributed by atoms with Crippen LogP contribution in [0.5, 0.6) is 0 Å². The molecular weight excluding hydrogens is 402 g/mol. The maximum atomic E-state index is 12.5. The number of H-pyrrole nitrogens is 1. The van der Waals surface area contributed by atoms with E-state index in [9.17, 15) is 4.79 Å². The molecule has 0 aliphatic heterocycles. The molecule has 3 aromatic heterocycles. The first-order valence-corrected chi connectivity index (χ1v) is 10.8. The molecule has 6 nitrogen and oxygen atoms in total. The summed E-state index contributed by atoms with van der Waals surface area (Å²) in [6.45, 7) is 0. The topological polar surface area (TPSA) is 76.5 Å². The van der Waals surface area contributed by atoms with E-state index in [1.807, 2.05) is 66.0 Å². The van der Waals surface area contributed by atoms with Crippen LogP contribution in [-0.2, 0) is 5.75 Å². The highest BCUT2D eigenvalue weighted by Gasteiger charge is 2.12. The fourth-order valence-corrected chi connectivity index (χ4v) is 4.63. The first-order chi connectivity index (χ1) is 14.3. The van der Waals surface area contributed by atoms with Crippen molar-refractivity contribution >= 4 is 34.1 Å².